The fraction of sp³-hybridized carbons (Fsp3) is 0.533. The van der Waals surface area contributed by atoms with Gasteiger partial charge < -0.3 is 10.3 Å². The first kappa shape index (κ1) is 12.9. The molecule has 1 atom stereocenters. The van der Waals surface area contributed by atoms with Crippen molar-refractivity contribution in [1.82, 2.24) is 9.55 Å². The van der Waals surface area contributed by atoms with Crippen molar-refractivity contribution in [3.63, 3.8) is 0 Å². The first-order chi connectivity index (χ1) is 9.29. The quantitative estimate of drug-likeness (QED) is 0.870. The van der Waals surface area contributed by atoms with Crippen LogP contribution >= 0.6 is 11.8 Å². The molecule has 1 aromatic carbocycles. The van der Waals surface area contributed by atoms with Crippen LogP contribution in [0.4, 0.5) is 5.69 Å². The summed E-state index contributed by atoms with van der Waals surface area (Å²) in [6.45, 7) is 2.22. The fourth-order valence-corrected chi connectivity index (χ4v) is 4.03. The summed E-state index contributed by atoms with van der Waals surface area (Å²) >= 11 is 2.07. The first-order valence-electron chi connectivity index (χ1n) is 7.13. The highest BCUT2D eigenvalue weighted by Crippen LogP contribution is 2.32. The Morgan fingerprint density at radius 2 is 2.37 bits per heavy atom. The number of anilines is 1. The molecule has 1 aliphatic rings. The molecule has 0 bridgehead atoms. The number of nitrogens with zero attached hydrogens (tertiary/aromatic N) is 2. The molecular weight excluding hydrogens is 254 g/mol. The molecule has 1 unspecified atom stereocenters. The van der Waals surface area contributed by atoms with E-state index in [1.54, 1.807) is 0 Å². The first-order valence-corrected chi connectivity index (χ1v) is 8.29. The largest absolute Gasteiger partial charge is 0.399 e. The number of nitrogen functional groups attached to an aromatic ring is 1. The number of benzene rings is 1. The molecule has 3 rings (SSSR count). The van der Waals surface area contributed by atoms with Gasteiger partial charge in [-0.05, 0) is 43.2 Å². The van der Waals surface area contributed by atoms with Crippen molar-refractivity contribution < 1.29 is 0 Å². The second kappa shape index (κ2) is 5.45. The maximum atomic E-state index is 5.88. The molecule has 19 heavy (non-hydrogen) atoms. The van der Waals surface area contributed by atoms with Gasteiger partial charge in [-0.15, -0.1) is 0 Å². The Kier molecular flexibility index (Phi) is 3.69. The lowest BCUT2D eigenvalue weighted by Gasteiger charge is -2.25. The normalized spacial score (nSPS) is 19.9. The molecule has 1 fully saturated rings. The summed E-state index contributed by atoms with van der Waals surface area (Å²) in [4.78, 5) is 4.81. The van der Waals surface area contributed by atoms with E-state index in [1.165, 1.54) is 35.7 Å². The number of nitrogens with two attached hydrogens (primary N) is 1. The molecule has 102 valence electrons. The molecule has 2 N–H and O–H groups in total. The van der Waals surface area contributed by atoms with E-state index < -0.39 is 0 Å². The van der Waals surface area contributed by atoms with Crippen molar-refractivity contribution in [1.29, 1.82) is 0 Å². The Balaban J connectivity index is 2.09. The van der Waals surface area contributed by atoms with Gasteiger partial charge in [0.25, 0.3) is 0 Å². The van der Waals surface area contributed by atoms with Crippen LogP contribution in [0.5, 0.6) is 0 Å². The van der Waals surface area contributed by atoms with E-state index in [1.807, 2.05) is 12.1 Å². The van der Waals surface area contributed by atoms with Gasteiger partial charge in [0.2, 0.25) is 0 Å². The molecule has 1 saturated heterocycles. The Morgan fingerprint density at radius 1 is 1.47 bits per heavy atom. The van der Waals surface area contributed by atoms with Crippen molar-refractivity contribution in [2.24, 2.45) is 0 Å². The second-order valence-corrected chi connectivity index (χ2v) is 6.42. The fourth-order valence-electron chi connectivity index (χ4n) is 2.90. The van der Waals surface area contributed by atoms with Crippen molar-refractivity contribution in [2.45, 2.75) is 38.6 Å². The third kappa shape index (κ3) is 2.46. The molecular formula is C15H21N3S. The average molecular weight is 275 g/mol. The van der Waals surface area contributed by atoms with Crippen LogP contribution in [0.25, 0.3) is 11.0 Å². The molecule has 0 saturated carbocycles. The van der Waals surface area contributed by atoms with Crippen molar-refractivity contribution in [3.05, 3.63) is 24.0 Å². The van der Waals surface area contributed by atoms with Crippen LogP contribution in [0.15, 0.2) is 18.2 Å². The van der Waals surface area contributed by atoms with Crippen molar-refractivity contribution in [2.75, 3.05) is 17.2 Å². The molecule has 4 heteroatoms. The van der Waals surface area contributed by atoms with Crippen LogP contribution in [-0.2, 0) is 6.42 Å². The predicted molar refractivity (Wildman–Crippen MR) is 83.7 cm³/mol. The third-order valence-corrected chi connectivity index (χ3v) is 4.96. The minimum absolute atomic E-state index is 0.605. The molecule has 3 nitrogen and oxygen atoms in total. The van der Waals surface area contributed by atoms with E-state index in [0.29, 0.717) is 6.04 Å². The predicted octanol–water partition coefficient (Wildman–Crippen LogP) is 3.64. The highest BCUT2D eigenvalue weighted by atomic mass is 32.2. The van der Waals surface area contributed by atoms with E-state index in [2.05, 4.69) is 29.3 Å². The van der Waals surface area contributed by atoms with Gasteiger partial charge >= 0.3 is 0 Å². The van der Waals surface area contributed by atoms with Gasteiger partial charge in [-0.3, -0.25) is 0 Å². The van der Waals surface area contributed by atoms with Gasteiger partial charge in [-0.1, -0.05) is 6.92 Å². The smallest absolute Gasteiger partial charge is 0.110 e. The summed E-state index contributed by atoms with van der Waals surface area (Å²) in [5.74, 6) is 3.75. The van der Waals surface area contributed by atoms with Gasteiger partial charge in [0.1, 0.15) is 5.82 Å². The lowest BCUT2D eigenvalue weighted by Crippen LogP contribution is -2.18. The molecule has 1 aliphatic heterocycles. The zero-order chi connectivity index (χ0) is 13.2. The maximum absolute atomic E-state index is 5.88. The molecule has 0 aliphatic carbocycles. The number of hydrogen-bond acceptors (Lipinski definition) is 3. The third-order valence-electron chi connectivity index (χ3n) is 3.76. The van der Waals surface area contributed by atoms with Crippen molar-refractivity contribution >= 4 is 28.5 Å². The number of thioether (sulfide) groups is 1. The number of hydrogen-bond donors (Lipinski definition) is 1. The second-order valence-electron chi connectivity index (χ2n) is 5.27. The number of aryl methyl sites for hydroxylation is 1. The summed E-state index contributed by atoms with van der Waals surface area (Å²) in [6, 6.07) is 6.73. The Labute approximate surface area is 118 Å². The highest BCUT2D eigenvalue weighted by Gasteiger charge is 2.21. The van der Waals surface area contributed by atoms with Crippen LogP contribution in [0.3, 0.4) is 0 Å². The Morgan fingerprint density at radius 3 is 3.11 bits per heavy atom. The van der Waals surface area contributed by atoms with E-state index in [9.17, 15) is 0 Å². The average Bonchev–Trinajstić information content (AvgIpc) is 2.77. The zero-order valence-corrected chi connectivity index (χ0v) is 12.2. The van der Waals surface area contributed by atoms with E-state index >= 15 is 0 Å². The molecule has 0 amide bonds. The SMILES string of the molecule is CCCc1nc2cc(N)ccc2n1C1CCCSC1. The molecule has 1 aromatic heterocycles. The summed E-state index contributed by atoms with van der Waals surface area (Å²) in [7, 11) is 0. The van der Waals surface area contributed by atoms with Gasteiger partial charge in [0.05, 0.1) is 11.0 Å². The summed E-state index contributed by atoms with van der Waals surface area (Å²) in [6.07, 6.45) is 4.78. The van der Waals surface area contributed by atoms with E-state index in [-0.39, 0.29) is 0 Å². The minimum atomic E-state index is 0.605. The summed E-state index contributed by atoms with van der Waals surface area (Å²) in [5, 5.41) is 0. The lowest BCUT2D eigenvalue weighted by molar-refractivity contribution is 0.492. The number of imidazole rings is 1. The van der Waals surface area contributed by atoms with Gasteiger partial charge in [-0.2, -0.15) is 11.8 Å². The van der Waals surface area contributed by atoms with Crippen LogP contribution in [0.1, 0.15) is 38.1 Å². The zero-order valence-electron chi connectivity index (χ0n) is 11.4. The van der Waals surface area contributed by atoms with E-state index in [4.69, 9.17) is 10.7 Å². The molecule has 2 heterocycles. The topological polar surface area (TPSA) is 43.8 Å². The number of fused-ring (bicyclic) bond motifs is 1. The standard InChI is InChI=1S/C15H21N3S/c1-2-4-15-17-13-9-11(16)6-7-14(13)18(15)12-5-3-8-19-10-12/h6-7,9,12H,2-5,8,10,16H2,1H3. The monoisotopic (exact) mass is 275 g/mol. The molecule has 2 aromatic rings. The number of rotatable bonds is 3. The van der Waals surface area contributed by atoms with Crippen LogP contribution in [0, 0.1) is 0 Å². The maximum Gasteiger partial charge on any atom is 0.110 e. The van der Waals surface area contributed by atoms with Crippen LogP contribution in [-0.4, -0.2) is 21.1 Å². The van der Waals surface area contributed by atoms with E-state index in [0.717, 1.165) is 24.0 Å². The van der Waals surface area contributed by atoms with Gasteiger partial charge in [0, 0.05) is 23.9 Å². The molecule has 0 radical (unpaired) electrons. The molecule has 0 spiro atoms. The minimum Gasteiger partial charge on any atom is -0.399 e. The summed E-state index contributed by atoms with van der Waals surface area (Å²) < 4.78 is 2.48. The van der Waals surface area contributed by atoms with Crippen LogP contribution < -0.4 is 5.73 Å². The highest BCUT2D eigenvalue weighted by molar-refractivity contribution is 7.99. The Bertz CT molecular complexity index is 570. The van der Waals surface area contributed by atoms with Gasteiger partial charge in [0.15, 0.2) is 0 Å². The van der Waals surface area contributed by atoms with Crippen LogP contribution in [0.2, 0.25) is 0 Å². The number of aromatic nitrogens is 2. The van der Waals surface area contributed by atoms with Gasteiger partial charge in [-0.25, -0.2) is 4.98 Å². The Hall–Kier alpha value is -1.16. The summed E-state index contributed by atoms with van der Waals surface area (Å²) in [5.41, 5.74) is 9.00. The lowest BCUT2D eigenvalue weighted by atomic mass is 10.1. The van der Waals surface area contributed by atoms with Crippen molar-refractivity contribution in [3.8, 4) is 0 Å².